The smallest absolute Gasteiger partial charge is 0.263 e. The number of likely N-dealkylation sites (tertiary alicyclic amines) is 1. The first-order valence-electron chi connectivity index (χ1n) is 7.57. The van der Waals surface area contributed by atoms with Gasteiger partial charge >= 0.3 is 0 Å². The van der Waals surface area contributed by atoms with E-state index in [4.69, 9.17) is 0 Å². The fourth-order valence-corrected chi connectivity index (χ4v) is 4.89. The van der Waals surface area contributed by atoms with Crippen molar-refractivity contribution in [2.24, 2.45) is 0 Å². The van der Waals surface area contributed by atoms with Gasteiger partial charge in [0.05, 0.1) is 15.6 Å². The number of hydrogen-bond acceptors (Lipinski definition) is 5. The second-order valence-electron chi connectivity index (χ2n) is 5.46. The van der Waals surface area contributed by atoms with E-state index >= 15 is 0 Å². The lowest BCUT2D eigenvalue weighted by molar-refractivity contribution is 0.0797. The van der Waals surface area contributed by atoms with Crippen LogP contribution in [0.5, 0.6) is 0 Å². The molecule has 0 saturated carbocycles. The number of nitrogens with zero attached hydrogens (tertiary/aromatic N) is 3. The molecule has 6 heteroatoms. The molecule has 1 saturated heterocycles. The summed E-state index contributed by atoms with van der Waals surface area (Å²) in [7, 11) is 0. The molecule has 2 aliphatic heterocycles. The minimum absolute atomic E-state index is 0.187. The standard InChI is InChI=1S/C16H17N3OS2/c20-16(18-8-1-2-9-18)13-5-6-14(22-13)19-10-11-21-15-12(19)4-3-7-17-15/h3-7H,1-2,8-11H2. The van der Waals surface area contributed by atoms with Crippen molar-refractivity contribution in [1.29, 1.82) is 0 Å². The molecule has 2 aromatic heterocycles. The average Bonchev–Trinajstić information content (AvgIpc) is 3.25. The van der Waals surface area contributed by atoms with Crippen LogP contribution in [0.2, 0.25) is 0 Å². The summed E-state index contributed by atoms with van der Waals surface area (Å²) in [6.07, 6.45) is 4.10. The molecule has 4 rings (SSSR count). The first-order valence-corrected chi connectivity index (χ1v) is 9.37. The predicted molar refractivity (Wildman–Crippen MR) is 91.4 cm³/mol. The molecular weight excluding hydrogens is 314 g/mol. The van der Waals surface area contributed by atoms with E-state index in [-0.39, 0.29) is 5.91 Å². The molecular formula is C16H17N3OS2. The number of carbonyl (C=O) groups excluding carboxylic acids is 1. The van der Waals surface area contributed by atoms with Crippen molar-refractivity contribution >= 4 is 39.7 Å². The molecule has 2 aliphatic rings. The number of pyridine rings is 1. The van der Waals surface area contributed by atoms with Gasteiger partial charge in [0.1, 0.15) is 5.03 Å². The Bertz CT molecular complexity index is 694. The van der Waals surface area contributed by atoms with Gasteiger partial charge in [-0.1, -0.05) is 0 Å². The van der Waals surface area contributed by atoms with Crippen LogP contribution in [0.25, 0.3) is 0 Å². The quantitative estimate of drug-likeness (QED) is 0.842. The van der Waals surface area contributed by atoms with Crippen LogP contribution in [0.4, 0.5) is 10.7 Å². The molecule has 0 atom stereocenters. The molecule has 0 aliphatic carbocycles. The number of aromatic nitrogens is 1. The number of anilines is 2. The lowest BCUT2D eigenvalue weighted by Crippen LogP contribution is -2.26. The highest BCUT2D eigenvalue weighted by molar-refractivity contribution is 7.99. The van der Waals surface area contributed by atoms with Crippen molar-refractivity contribution in [1.82, 2.24) is 9.88 Å². The fourth-order valence-electron chi connectivity index (χ4n) is 2.95. The summed E-state index contributed by atoms with van der Waals surface area (Å²) in [5.41, 5.74) is 1.15. The number of hydrogen-bond donors (Lipinski definition) is 0. The molecule has 22 heavy (non-hydrogen) atoms. The van der Waals surface area contributed by atoms with Gasteiger partial charge in [-0.3, -0.25) is 4.79 Å². The van der Waals surface area contributed by atoms with Crippen LogP contribution in [0, 0.1) is 0 Å². The normalized spacial score (nSPS) is 17.6. The van der Waals surface area contributed by atoms with Crippen LogP contribution >= 0.6 is 23.1 Å². The summed E-state index contributed by atoms with van der Waals surface area (Å²) in [6.45, 7) is 2.76. The molecule has 0 radical (unpaired) electrons. The second kappa shape index (κ2) is 5.93. The van der Waals surface area contributed by atoms with E-state index in [0.29, 0.717) is 0 Å². The Labute approximate surface area is 138 Å². The van der Waals surface area contributed by atoms with Gasteiger partial charge in [-0.25, -0.2) is 4.98 Å². The third-order valence-electron chi connectivity index (χ3n) is 4.06. The molecule has 1 fully saturated rings. The van der Waals surface area contributed by atoms with Crippen molar-refractivity contribution in [2.75, 3.05) is 30.3 Å². The predicted octanol–water partition coefficient (Wildman–Crippen LogP) is 3.62. The Hall–Kier alpha value is -1.53. The maximum absolute atomic E-state index is 12.5. The van der Waals surface area contributed by atoms with Gasteiger partial charge in [0.25, 0.3) is 5.91 Å². The molecule has 114 valence electrons. The minimum atomic E-state index is 0.187. The Morgan fingerprint density at radius 3 is 2.86 bits per heavy atom. The zero-order valence-electron chi connectivity index (χ0n) is 12.2. The zero-order valence-corrected chi connectivity index (χ0v) is 13.8. The van der Waals surface area contributed by atoms with Crippen LogP contribution in [-0.4, -0.2) is 41.2 Å². The van der Waals surface area contributed by atoms with Gasteiger partial charge in [0.2, 0.25) is 0 Å². The molecule has 0 spiro atoms. The summed E-state index contributed by atoms with van der Waals surface area (Å²) in [5.74, 6) is 1.21. The van der Waals surface area contributed by atoms with E-state index in [0.717, 1.165) is 58.8 Å². The average molecular weight is 331 g/mol. The number of carbonyl (C=O) groups is 1. The van der Waals surface area contributed by atoms with E-state index in [1.54, 1.807) is 23.1 Å². The molecule has 4 nitrogen and oxygen atoms in total. The monoisotopic (exact) mass is 331 g/mol. The third-order valence-corrected chi connectivity index (χ3v) is 6.13. The van der Waals surface area contributed by atoms with E-state index in [1.165, 1.54) is 0 Å². The maximum Gasteiger partial charge on any atom is 0.263 e. The van der Waals surface area contributed by atoms with Gasteiger partial charge in [-0.2, -0.15) is 0 Å². The molecule has 1 amide bonds. The van der Waals surface area contributed by atoms with Gasteiger partial charge < -0.3 is 9.80 Å². The summed E-state index contributed by atoms with van der Waals surface area (Å²) in [6, 6.07) is 8.12. The lowest BCUT2D eigenvalue weighted by Gasteiger charge is -2.28. The summed E-state index contributed by atoms with van der Waals surface area (Å²) in [5, 5.41) is 2.21. The van der Waals surface area contributed by atoms with Crippen LogP contribution in [0.1, 0.15) is 22.5 Å². The Morgan fingerprint density at radius 2 is 2.00 bits per heavy atom. The van der Waals surface area contributed by atoms with Gasteiger partial charge in [-0.15, -0.1) is 23.1 Å². The van der Waals surface area contributed by atoms with E-state index < -0.39 is 0 Å². The first kappa shape index (κ1) is 14.1. The van der Waals surface area contributed by atoms with Crippen molar-refractivity contribution in [3.05, 3.63) is 35.3 Å². The fraction of sp³-hybridized carbons (Fsp3) is 0.375. The molecule has 0 bridgehead atoms. The Kier molecular flexibility index (Phi) is 3.80. The summed E-state index contributed by atoms with van der Waals surface area (Å²) < 4.78 is 0. The lowest BCUT2D eigenvalue weighted by atomic mass is 10.3. The molecule has 0 N–H and O–H groups in total. The minimum Gasteiger partial charge on any atom is -0.338 e. The second-order valence-corrected chi connectivity index (χ2v) is 7.61. The van der Waals surface area contributed by atoms with E-state index in [1.807, 2.05) is 23.2 Å². The van der Waals surface area contributed by atoms with E-state index in [9.17, 15) is 4.79 Å². The highest BCUT2D eigenvalue weighted by Gasteiger charge is 2.24. The van der Waals surface area contributed by atoms with Crippen LogP contribution in [0.15, 0.2) is 35.5 Å². The highest BCUT2D eigenvalue weighted by atomic mass is 32.2. The van der Waals surface area contributed by atoms with Crippen molar-refractivity contribution in [3.63, 3.8) is 0 Å². The molecule has 4 heterocycles. The Morgan fingerprint density at radius 1 is 1.14 bits per heavy atom. The molecule has 0 unspecified atom stereocenters. The maximum atomic E-state index is 12.5. The van der Waals surface area contributed by atoms with Crippen molar-refractivity contribution in [3.8, 4) is 0 Å². The van der Waals surface area contributed by atoms with Gasteiger partial charge in [-0.05, 0) is 37.1 Å². The van der Waals surface area contributed by atoms with Crippen molar-refractivity contribution < 1.29 is 4.79 Å². The summed E-state index contributed by atoms with van der Waals surface area (Å²) >= 11 is 3.39. The van der Waals surface area contributed by atoms with E-state index in [2.05, 4.69) is 22.0 Å². The number of rotatable bonds is 2. The summed E-state index contributed by atoms with van der Waals surface area (Å²) in [4.78, 5) is 22.0. The largest absolute Gasteiger partial charge is 0.338 e. The van der Waals surface area contributed by atoms with Crippen LogP contribution in [-0.2, 0) is 0 Å². The van der Waals surface area contributed by atoms with Crippen LogP contribution < -0.4 is 4.90 Å². The third kappa shape index (κ3) is 2.50. The van der Waals surface area contributed by atoms with Crippen molar-refractivity contribution in [2.45, 2.75) is 17.9 Å². The first-order chi connectivity index (χ1) is 10.8. The molecule has 0 aromatic carbocycles. The highest BCUT2D eigenvalue weighted by Crippen LogP contribution is 2.40. The zero-order chi connectivity index (χ0) is 14.9. The van der Waals surface area contributed by atoms with Crippen LogP contribution in [0.3, 0.4) is 0 Å². The topological polar surface area (TPSA) is 36.4 Å². The number of amides is 1. The SMILES string of the molecule is O=C(c1ccc(N2CCSc3ncccc32)s1)N1CCCC1. The van der Waals surface area contributed by atoms with Gasteiger partial charge in [0, 0.05) is 31.6 Å². The van der Waals surface area contributed by atoms with Gasteiger partial charge in [0.15, 0.2) is 0 Å². The molecule has 2 aromatic rings. The number of fused-ring (bicyclic) bond motifs is 1. The number of thiophene rings is 1. The number of thioether (sulfide) groups is 1. The Balaban J connectivity index is 1.61.